The maximum Gasteiger partial charge on any atom is 0.263 e. The highest BCUT2D eigenvalue weighted by Gasteiger charge is 2.21. The van der Waals surface area contributed by atoms with E-state index in [4.69, 9.17) is 15.4 Å². The van der Waals surface area contributed by atoms with Crippen molar-refractivity contribution >= 4 is 30.6 Å². The standard InChI is InChI=1S/C11H12ClNO3S/c1-3-13-7-10(17(12,14)15)11-8(13)5-4-6-9(11)16-2/h4-7H,3H2,1-2H3. The van der Waals surface area contributed by atoms with Crippen molar-refractivity contribution < 1.29 is 13.2 Å². The van der Waals surface area contributed by atoms with Crippen LogP contribution in [0.1, 0.15) is 6.92 Å². The molecule has 0 saturated heterocycles. The molecule has 0 bridgehead atoms. The lowest BCUT2D eigenvalue weighted by Crippen LogP contribution is -1.91. The van der Waals surface area contributed by atoms with Crippen molar-refractivity contribution in [2.24, 2.45) is 0 Å². The van der Waals surface area contributed by atoms with E-state index in [9.17, 15) is 8.42 Å². The molecule has 2 aromatic rings. The summed E-state index contributed by atoms with van der Waals surface area (Å²) < 4.78 is 30.1. The van der Waals surface area contributed by atoms with E-state index in [2.05, 4.69) is 0 Å². The molecule has 17 heavy (non-hydrogen) atoms. The van der Waals surface area contributed by atoms with Crippen molar-refractivity contribution in [1.29, 1.82) is 0 Å². The Morgan fingerprint density at radius 3 is 2.65 bits per heavy atom. The topological polar surface area (TPSA) is 48.3 Å². The maximum atomic E-state index is 11.5. The molecule has 92 valence electrons. The molecule has 0 unspecified atom stereocenters. The zero-order valence-electron chi connectivity index (χ0n) is 9.47. The van der Waals surface area contributed by atoms with E-state index in [0.29, 0.717) is 17.7 Å². The fraction of sp³-hybridized carbons (Fsp3) is 0.273. The van der Waals surface area contributed by atoms with Crippen LogP contribution < -0.4 is 4.74 Å². The number of benzene rings is 1. The van der Waals surface area contributed by atoms with Gasteiger partial charge in [-0.1, -0.05) is 6.07 Å². The normalized spacial score (nSPS) is 11.9. The van der Waals surface area contributed by atoms with Gasteiger partial charge in [-0.15, -0.1) is 0 Å². The molecule has 1 heterocycles. The average molecular weight is 274 g/mol. The van der Waals surface area contributed by atoms with Crippen LogP contribution in [0, 0.1) is 0 Å². The van der Waals surface area contributed by atoms with E-state index in [0.717, 1.165) is 5.52 Å². The van der Waals surface area contributed by atoms with Crippen molar-refractivity contribution in [3.8, 4) is 5.75 Å². The van der Waals surface area contributed by atoms with Gasteiger partial charge in [0.05, 0.1) is 18.0 Å². The number of hydrogen-bond acceptors (Lipinski definition) is 3. The number of aromatic nitrogens is 1. The van der Waals surface area contributed by atoms with Gasteiger partial charge in [-0.05, 0) is 19.1 Å². The van der Waals surface area contributed by atoms with E-state index in [1.807, 2.05) is 23.6 Å². The molecule has 0 amide bonds. The second kappa shape index (κ2) is 4.23. The third-order valence-corrected chi connectivity index (χ3v) is 3.99. The highest BCUT2D eigenvalue weighted by atomic mass is 35.7. The van der Waals surface area contributed by atoms with Crippen molar-refractivity contribution in [2.75, 3.05) is 7.11 Å². The quantitative estimate of drug-likeness (QED) is 0.808. The average Bonchev–Trinajstić information content (AvgIpc) is 2.67. The highest BCUT2D eigenvalue weighted by molar-refractivity contribution is 8.14. The summed E-state index contributed by atoms with van der Waals surface area (Å²) in [5.41, 5.74) is 0.797. The Morgan fingerprint density at radius 1 is 1.41 bits per heavy atom. The van der Waals surface area contributed by atoms with Crippen LogP contribution in [-0.2, 0) is 15.6 Å². The molecular formula is C11H12ClNO3S. The second-order valence-corrected chi connectivity index (χ2v) is 6.11. The largest absolute Gasteiger partial charge is 0.496 e. The molecule has 0 atom stereocenters. The third-order valence-electron chi connectivity index (χ3n) is 2.66. The second-order valence-electron chi connectivity index (χ2n) is 3.57. The van der Waals surface area contributed by atoms with Crippen LogP contribution in [0.4, 0.5) is 0 Å². The lowest BCUT2D eigenvalue weighted by molar-refractivity contribution is 0.419. The molecular weight excluding hydrogens is 262 g/mol. The molecule has 0 aliphatic carbocycles. The smallest absolute Gasteiger partial charge is 0.263 e. The Bertz CT molecular complexity index is 661. The summed E-state index contributed by atoms with van der Waals surface area (Å²) in [5, 5.41) is 0.534. The van der Waals surface area contributed by atoms with E-state index < -0.39 is 9.05 Å². The van der Waals surface area contributed by atoms with Crippen molar-refractivity contribution in [1.82, 2.24) is 4.57 Å². The van der Waals surface area contributed by atoms with E-state index in [-0.39, 0.29) is 4.90 Å². The van der Waals surface area contributed by atoms with Crippen LogP contribution in [0.15, 0.2) is 29.3 Å². The number of aryl methyl sites for hydroxylation is 1. The Balaban J connectivity index is 2.94. The number of halogens is 1. The number of rotatable bonds is 3. The van der Waals surface area contributed by atoms with Crippen LogP contribution in [0.25, 0.3) is 10.9 Å². The fourth-order valence-corrected chi connectivity index (χ4v) is 2.95. The third kappa shape index (κ3) is 2.00. The Kier molecular flexibility index (Phi) is 3.05. The van der Waals surface area contributed by atoms with Gasteiger partial charge >= 0.3 is 0 Å². The van der Waals surface area contributed by atoms with Gasteiger partial charge in [0.1, 0.15) is 10.6 Å². The lowest BCUT2D eigenvalue weighted by atomic mass is 10.2. The SMILES string of the molecule is CCn1cc(S(=O)(=O)Cl)c2c(OC)cccc21. The van der Waals surface area contributed by atoms with Gasteiger partial charge in [0.25, 0.3) is 9.05 Å². The summed E-state index contributed by atoms with van der Waals surface area (Å²) >= 11 is 0. The minimum Gasteiger partial charge on any atom is -0.496 e. The number of nitrogens with zero attached hydrogens (tertiary/aromatic N) is 1. The Hall–Kier alpha value is -1.20. The molecule has 0 aliphatic heterocycles. The molecule has 0 N–H and O–H groups in total. The number of hydrogen-bond donors (Lipinski definition) is 0. The summed E-state index contributed by atoms with van der Waals surface area (Å²) in [5.74, 6) is 0.508. The number of ether oxygens (including phenoxy) is 1. The Morgan fingerprint density at radius 2 is 2.12 bits per heavy atom. The van der Waals surface area contributed by atoms with Gasteiger partial charge < -0.3 is 9.30 Å². The monoisotopic (exact) mass is 273 g/mol. The van der Waals surface area contributed by atoms with E-state index in [1.165, 1.54) is 13.3 Å². The Labute approximate surface area is 104 Å². The summed E-state index contributed by atoms with van der Waals surface area (Å²) in [7, 11) is 3.16. The first-order chi connectivity index (χ1) is 7.99. The summed E-state index contributed by atoms with van der Waals surface area (Å²) in [4.78, 5) is 0.0912. The van der Waals surface area contributed by atoms with Gasteiger partial charge in [0.15, 0.2) is 0 Å². The van der Waals surface area contributed by atoms with Crippen LogP contribution in [0.5, 0.6) is 5.75 Å². The zero-order chi connectivity index (χ0) is 12.6. The minimum atomic E-state index is -3.78. The van der Waals surface area contributed by atoms with Crippen LogP contribution in [0.3, 0.4) is 0 Å². The van der Waals surface area contributed by atoms with Crippen LogP contribution >= 0.6 is 10.7 Å². The van der Waals surface area contributed by atoms with Crippen LogP contribution in [0.2, 0.25) is 0 Å². The predicted octanol–water partition coefficient (Wildman–Crippen LogP) is 2.60. The van der Waals surface area contributed by atoms with Gasteiger partial charge in [-0.25, -0.2) is 8.42 Å². The van der Waals surface area contributed by atoms with Crippen molar-refractivity contribution in [3.63, 3.8) is 0 Å². The van der Waals surface area contributed by atoms with E-state index in [1.54, 1.807) is 6.07 Å². The molecule has 0 spiro atoms. The van der Waals surface area contributed by atoms with Crippen LogP contribution in [-0.4, -0.2) is 20.1 Å². The number of methoxy groups -OCH3 is 1. The lowest BCUT2D eigenvalue weighted by Gasteiger charge is -2.04. The summed E-state index contributed by atoms with van der Waals surface area (Å²) in [6.45, 7) is 2.60. The molecule has 4 nitrogen and oxygen atoms in total. The highest BCUT2D eigenvalue weighted by Crippen LogP contribution is 2.34. The van der Waals surface area contributed by atoms with Crippen molar-refractivity contribution in [2.45, 2.75) is 18.4 Å². The van der Waals surface area contributed by atoms with Gasteiger partial charge in [-0.2, -0.15) is 0 Å². The summed E-state index contributed by atoms with van der Waals surface area (Å²) in [6, 6.07) is 5.37. The van der Waals surface area contributed by atoms with Gasteiger partial charge in [-0.3, -0.25) is 0 Å². The fourth-order valence-electron chi connectivity index (χ4n) is 1.90. The van der Waals surface area contributed by atoms with Crippen molar-refractivity contribution in [3.05, 3.63) is 24.4 Å². The molecule has 2 rings (SSSR count). The molecule has 0 fully saturated rings. The van der Waals surface area contributed by atoms with Gasteiger partial charge in [0, 0.05) is 23.4 Å². The number of fused-ring (bicyclic) bond motifs is 1. The molecule has 0 saturated carbocycles. The molecule has 0 aliphatic rings. The molecule has 0 radical (unpaired) electrons. The molecule has 1 aromatic heterocycles. The molecule has 6 heteroatoms. The molecule has 1 aromatic carbocycles. The van der Waals surface area contributed by atoms with E-state index >= 15 is 0 Å². The first-order valence-corrected chi connectivity index (χ1v) is 7.40. The van der Waals surface area contributed by atoms with Gasteiger partial charge in [0.2, 0.25) is 0 Å². The maximum absolute atomic E-state index is 11.5. The first kappa shape index (κ1) is 12.3. The predicted molar refractivity (Wildman–Crippen MR) is 67.2 cm³/mol. The minimum absolute atomic E-state index is 0.0912. The zero-order valence-corrected chi connectivity index (χ0v) is 11.0. The first-order valence-electron chi connectivity index (χ1n) is 5.09. The summed E-state index contributed by atoms with van der Waals surface area (Å²) in [6.07, 6.45) is 1.54.